The summed E-state index contributed by atoms with van der Waals surface area (Å²) in [5.74, 6) is -6.30. The van der Waals surface area contributed by atoms with Crippen molar-refractivity contribution in [3.8, 4) is 5.75 Å². The SMILES string of the molecule is COc1c(F)cc(C(C)(F)F)cc1C(N)C(=O)O. The van der Waals surface area contributed by atoms with E-state index in [1.165, 1.54) is 0 Å². The van der Waals surface area contributed by atoms with Crippen LogP contribution in [0.2, 0.25) is 0 Å². The number of hydrogen-bond donors (Lipinski definition) is 2. The van der Waals surface area contributed by atoms with Gasteiger partial charge in [-0.25, -0.2) is 13.2 Å². The lowest BCUT2D eigenvalue weighted by atomic mass is 10.00. The molecule has 0 saturated carbocycles. The molecule has 0 fully saturated rings. The molecule has 1 aromatic rings. The molecule has 1 atom stereocenters. The van der Waals surface area contributed by atoms with Gasteiger partial charge in [-0.1, -0.05) is 0 Å². The van der Waals surface area contributed by atoms with Gasteiger partial charge >= 0.3 is 5.97 Å². The van der Waals surface area contributed by atoms with Crippen molar-refractivity contribution < 1.29 is 27.8 Å². The van der Waals surface area contributed by atoms with Crippen molar-refractivity contribution in [2.24, 2.45) is 5.73 Å². The normalized spacial score (nSPS) is 13.2. The lowest BCUT2D eigenvalue weighted by molar-refractivity contribution is -0.138. The van der Waals surface area contributed by atoms with Crippen LogP contribution in [-0.2, 0) is 10.7 Å². The predicted octanol–water partition coefficient (Wildman–Crippen LogP) is 2.03. The molecule has 100 valence electrons. The molecular formula is C11H12F3NO3. The largest absolute Gasteiger partial charge is 0.493 e. The summed E-state index contributed by atoms with van der Waals surface area (Å²) < 4.78 is 44.4. The minimum Gasteiger partial charge on any atom is -0.493 e. The Morgan fingerprint density at radius 2 is 2.06 bits per heavy atom. The van der Waals surface area contributed by atoms with Crippen LogP contribution in [0.5, 0.6) is 5.75 Å². The number of carbonyl (C=O) groups is 1. The number of ether oxygens (including phenoxy) is 1. The van der Waals surface area contributed by atoms with E-state index in [1.54, 1.807) is 0 Å². The Balaban J connectivity index is 3.46. The number of carboxylic acids is 1. The molecule has 1 aromatic carbocycles. The van der Waals surface area contributed by atoms with Gasteiger partial charge in [0.1, 0.15) is 6.04 Å². The number of carboxylic acid groups (broad SMARTS) is 1. The first-order valence-corrected chi connectivity index (χ1v) is 4.92. The van der Waals surface area contributed by atoms with E-state index in [9.17, 15) is 18.0 Å². The van der Waals surface area contributed by atoms with E-state index >= 15 is 0 Å². The van der Waals surface area contributed by atoms with E-state index in [-0.39, 0.29) is 5.56 Å². The number of nitrogens with two attached hydrogens (primary N) is 1. The maximum absolute atomic E-state index is 13.6. The number of rotatable bonds is 4. The van der Waals surface area contributed by atoms with Crippen molar-refractivity contribution in [3.63, 3.8) is 0 Å². The van der Waals surface area contributed by atoms with Gasteiger partial charge in [0, 0.05) is 18.1 Å². The quantitative estimate of drug-likeness (QED) is 0.871. The highest BCUT2D eigenvalue weighted by Crippen LogP contribution is 2.35. The topological polar surface area (TPSA) is 72.5 Å². The predicted molar refractivity (Wildman–Crippen MR) is 57.1 cm³/mol. The number of halogens is 3. The van der Waals surface area contributed by atoms with Crippen molar-refractivity contribution in [2.75, 3.05) is 7.11 Å². The molecular weight excluding hydrogens is 251 g/mol. The monoisotopic (exact) mass is 263 g/mol. The third-order valence-corrected chi connectivity index (χ3v) is 2.38. The summed E-state index contributed by atoms with van der Waals surface area (Å²) in [4.78, 5) is 10.7. The highest BCUT2D eigenvalue weighted by atomic mass is 19.3. The van der Waals surface area contributed by atoms with Crippen LogP contribution < -0.4 is 10.5 Å². The maximum Gasteiger partial charge on any atom is 0.325 e. The minimum absolute atomic E-state index is 0.332. The Morgan fingerprint density at radius 1 is 1.50 bits per heavy atom. The molecule has 0 spiro atoms. The number of aliphatic carboxylic acids is 1. The molecule has 7 heteroatoms. The van der Waals surface area contributed by atoms with Gasteiger partial charge in [-0.15, -0.1) is 0 Å². The summed E-state index contributed by atoms with van der Waals surface area (Å²) in [6.07, 6.45) is 0. The lowest BCUT2D eigenvalue weighted by Crippen LogP contribution is -2.22. The molecule has 0 saturated heterocycles. The Kier molecular flexibility index (Phi) is 3.85. The molecule has 0 amide bonds. The zero-order valence-electron chi connectivity index (χ0n) is 9.71. The van der Waals surface area contributed by atoms with E-state index in [1.807, 2.05) is 0 Å². The van der Waals surface area contributed by atoms with Crippen molar-refractivity contribution in [1.29, 1.82) is 0 Å². The second-order valence-electron chi connectivity index (χ2n) is 3.78. The molecule has 0 bridgehead atoms. The molecule has 0 heterocycles. The van der Waals surface area contributed by atoms with Crippen LogP contribution in [0.15, 0.2) is 12.1 Å². The lowest BCUT2D eigenvalue weighted by Gasteiger charge is -2.17. The highest BCUT2D eigenvalue weighted by molar-refractivity contribution is 5.76. The van der Waals surface area contributed by atoms with Gasteiger partial charge in [0.15, 0.2) is 11.6 Å². The summed E-state index contributed by atoms with van der Waals surface area (Å²) in [6, 6.07) is -0.214. The van der Waals surface area contributed by atoms with E-state index in [0.717, 1.165) is 13.2 Å². The molecule has 0 aliphatic heterocycles. The van der Waals surface area contributed by atoms with Crippen LogP contribution in [-0.4, -0.2) is 18.2 Å². The maximum atomic E-state index is 13.6. The Labute approximate surface area is 101 Å². The molecule has 18 heavy (non-hydrogen) atoms. The fourth-order valence-corrected chi connectivity index (χ4v) is 1.45. The first kappa shape index (κ1) is 14.3. The van der Waals surface area contributed by atoms with Crippen LogP contribution >= 0.6 is 0 Å². The molecule has 4 nitrogen and oxygen atoms in total. The van der Waals surface area contributed by atoms with Crippen molar-refractivity contribution in [2.45, 2.75) is 18.9 Å². The first-order chi connectivity index (χ1) is 8.18. The number of methoxy groups -OCH3 is 1. The van der Waals surface area contributed by atoms with Crippen molar-refractivity contribution >= 4 is 5.97 Å². The highest BCUT2D eigenvalue weighted by Gasteiger charge is 2.30. The van der Waals surface area contributed by atoms with Crippen LogP contribution in [0, 0.1) is 5.82 Å². The minimum atomic E-state index is -3.31. The van der Waals surface area contributed by atoms with Gasteiger partial charge in [-0.2, -0.15) is 0 Å². The van der Waals surface area contributed by atoms with E-state index in [0.29, 0.717) is 13.0 Å². The smallest absolute Gasteiger partial charge is 0.325 e. The fourth-order valence-electron chi connectivity index (χ4n) is 1.45. The first-order valence-electron chi connectivity index (χ1n) is 4.92. The third-order valence-electron chi connectivity index (χ3n) is 2.38. The van der Waals surface area contributed by atoms with Gasteiger partial charge < -0.3 is 15.6 Å². The van der Waals surface area contributed by atoms with Crippen molar-refractivity contribution in [1.82, 2.24) is 0 Å². The van der Waals surface area contributed by atoms with Crippen LogP contribution in [0.25, 0.3) is 0 Å². The molecule has 1 unspecified atom stereocenters. The summed E-state index contributed by atoms with van der Waals surface area (Å²) in [7, 11) is 1.10. The third kappa shape index (κ3) is 2.73. The van der Waals surface area contributed by atoms with E-state index in [4.69, 9.17) is 10.8 Å². The molecule has 0 radical (unpaired) electrons. The van der Waals surface area contributed by atoms with Crippen LogP contribution in [0.1, 0.15) is 24.1 Å². The van der Waals surface area contributed by atoms with Gasteiger partial charge in [-0.05, 0) is 12.1 Å². The zero-order chi connectivity index (χ0) is 14.1. The summed E-state index contributed by atoms with van der Waals surface area (Å²) >= 11 is 0. The van der Waals surface area contributed by atoms with Gasteiger partial charge in [0.2, 0.25) is 0 Å². The summed E-state index contributed by atoms with van der Waals surface area (Å²) in [5.41, 5.74) is 4.31. The summed E-state index contributed by atoms with van der Waals surface area (Å²) in [5, 5.41) is 8.75. The number of alkyl halides is 2. The van der Waals surface area contributed by atoms with E-state index in [2.05, 4.69) is 4.74 Å². The molecule has 0 aliphatic rings. The van der Waals surface area contributed by atoms with Gasteiger partial charge in [0.05, 0.1) is 7.11 Å². The average molecular weight is 263 g/mol. The average Bonchev–Trinajstić information content (AvgIpc) is 2.25. The molecule has 0 aliphatic carbocycles. The molecule has 3 N–H and O–H groups in total. The number of benzene rings is 1. The van der Waals surface area contributed by atoms with Gasteiger partial charge in [-0.3, -0.25) is 4.79 Å². The number of hydrogen-bond acceptors (Lipinski definition) is 3. The van der Waals surface area contributed by atoms with E-state index < -0.39 is 35.1 Å². The van der Waals surface area contributed by atoms with Crippen LogP contribution in [0.3, 0.4) is 0 Å². The summed E-state index contributed by atoms with van der Waals surface area (Å²) in [6.45, 7) is 0.574. The second-order valence-corrected chi connectivity index (χ2v) is 3.78. The zero-order valence-corrected chi connectivity index (χ0v) is 9.71. The molecule has 1 rings (SSSR count). The second kappa shape index (κ2) is 4.85. The fraction of sp³-hybridized carbons (Fsp3) is 0.364. The standard InChI is InChI=1S/C11H12F3NO3/c1-11(13,14)5-3-6(8(15)10(16)17)9(18-2)7(12)4-5/h3-4,8H,15H2,1-2H3,(H,16,17). The Bertz CT molecular complexity index is 471. The Morgan fingerprint density at radius 3 is 2.44 bits per heavy atom. The Hall–Kier alpha value is -1.76. The molecule has 0 aromatic heterocycles. The van der Waals surface area contributed by atoms with Crippen molar-refractivity contribution in [3.05, 3.63) is 29.1 Å². The van der Waals surface area contributed by atoms with Crippen LogP contribution in [0.4, 0.5) is 13.2 Å². The van der Waals surface area contributed by atoms with Gasteiger partial charge in [0.25, 0.3) is 5.92 Å².